The van der Waals surface area contributed by atoms with Gasteiger partial charge in [0.25, 0.3) is 0 Å². The minimum atomic E-state index is -4.44. The molecule has 1 saturated carbocycles. The van der Waals surface area contributed by atoms with Gasteiger partial charge in [-0.05, 0) is 58.5 Å². The molecule has 1 aliphatic carbocycles. The van der Waals surface area contributed by atoms with E-state index in [0.29, 0.717) is 33.9 Å². The topological polar surface area (TPSA) is 73.2 Å². The second-order valence-electron chi connectivity index (χ2n) is 6.16. The van der Waals surface area contributed by atoms with Gasteiger partial charge in [0.05, 0.1) is 15.8 Å². The van der Waals surface area contributed by atoms with Gasteiger partial charge in [-0.25, -0.2) is 5.53 Å². The first-order valence-electron chi connectivity index (χ1n) is 8.08. The van der Waals surface area contributed by atoms with Gasteiger partial charge < -0.3 is 10.6 Å². The monoisotopic (exact) mass is 427 g/mol. The van der Waals surface area contributed by atoms with E-state index in [2.05, 4.69) is 36.7 Å². The van der Waals surface area contributed by atoms with Crippen LogP contribution in [0.3, 0.4) is 0 Å². The Hall–Kier alpha value is -2.16. The first kappa shape index (κ1) is 18.6. The second-order valence-corrected chi connectivity index (χ2v) is 6.96. The van der Waals surface area contributed by atoms with Crippen molar-refractivity contribution in [2.24, 2.45) is 11.0 Å². The molecule has 0 saturated heterocycles. The third-order valence-corrected chi connectivity index (χ3v) is 4.91. The van der Waals surface area contributed by atoms with E-state index in [0.717, 1.165) is 18.3 Å². The predicted octanol–water partition coefficient (Wildman–Crippen LogP) is 5.96. The zero-order valence-electron chi connectivity index (χ0n) is 13.7. The first-order chi connectivity index (χ1) is 12.4. The highest BCUT2D eigenvalue weighted by molar-refractivity contribution is 9.10. The summed E-state index contributed by atoms with van der Waals surface area (Å²) in [6.45, 7) is 1.16. The maximum atomic E-state index is 12.5. The van der Waals surface area contributed by atoms with Gasteiger partial charge in [-0.3, -0.25) is 4.98 Å². The Kier molecular flexibility index (Phi) is 5.45. The van der Waals surface area contributed by atoms with Crippen LogP contribution in [-0.2, 0) is 12.7 Å². The van der Waals surface area contributed by atoms with Gasteiger partial charge in [-0.15, -0.1) is 0 Å². The predicted molar refractivity (Wildman–Crippen MR) is 96.7 cm³/mol. The minimum Gasteiger partial charge on any atom is -0.383 e. The van der Waals surface area contributed by atoms with Crippen LogP contribution < -0.4 is 10.6 Å². The molecule has 0 amide bonds. The Morgan fingerprint density at radius 1 is 1.15 bits per heavy atom. The normalized spacial score (nSPS) is 14.2. The number of aromatic nitrogens is 1. The molecule has 1 aromatic carbocycles. The summed E-state index contributed by atoms with van der Waals surface area (Å²) in [6.07, 6.45) is -0.793. The summed E-state index contributed by atoms with van der Waals surface area (Å²) in [4.78, 5) is 3.44. The molecule has 1 heterocycles. The number of nitrogens with one attached hydrogen (secondary N) is 3. The van der Waals surface area contributed by atoms with Gasteiger partial charge in [0.2, 0.25) is 0 Å². The second kappa shape index (κ2) is 7.61. The van der Waals surface area contributed by atoms with E-state index < -0.39 is 11.9 Å². The van der Waals surface area contributed by atoms with Crippen molar-refractivity contribution < 1.29 is 13.2 Å². The average molecular weight is 428 g/mol. The van der Waals surface area contributed by atoms with Gasteiger partial charge in [0.15, 0.2) is 0 Å². The van der Waals surface area contributed by atoms with Crippen molar-refractivity contribution in [3.8, 4) is 0 Å². The van der Waals surface area contributed by atoms with Crippen LogP contribution in [0.4, 0.5) is 30.2 Å². The molecule has 5 nitrogen and oxygen atoms in total. The van der Waals surface area contributed by atoms with Crippen LogP contribution in [0.1, 0.15) is 24.1 Å². The molecule has 0 radical (unpaired) electrons. The quantitative estimate of drug-likeness (QED) is 0.477. The Bertz CT molecular complexity index is 788. The molecule has 9 heteroatoms. The smallest absolute Gasteiger partial charge is 0.383 e. The van der Waals surface area contributed by atoms with Gasteiger partial charge in [0.1, 0.15) is 11.4 Å². The fourth-order valence-electron chi connectivity index (χ4n) is 2.42. The lowest BCUT2D eigenvalue weighted by Gasteiger charge is -2.14. The Labute approximate surface area is 157 Å². The molecule has 3 N–H and O–H groups in total. The van der Waals surface area contributed by atoms with Crippen LogP contribution in [0.2, 0.25) is 0 Å². The maximum absolute atomic E-state index is 12.5. The SMILES string of the molecule is N=Nc1c(NCC2CC2)ccc(NCc2ccc(C(F)(F)F)nc2)c1Br. The van der Waals surface area contributed by atoms with E-state index in [4.69, 9.17) is 5.53 Å². The summed E-state index contributed by atoms with van der Waals surface area (Å²) in [5.74, 6) is 0.692. The van der Waals surface area contributed by atoms with Crippen LogP contribution in [0.25, 0.3) is 0 Å². The molecular formula is C17H17BrF3N5. The van der Waals surface area contributed by atoms with Crippen LogP contribution in [0.5, 0.6) is 0 Å². The molecule has 0 bridgehead atoms. The number of nitrogens with zero attached hydrogens (tertiary/aromatic N) is 2. The first-order valence-corrected chi connectivity index (χ1v) is 8.87. The van der Waals surface area contributed by atoms with E-state index in [1.54, 1.807) is 0 Å². The number of anilines is 2. The molecule has 26 heavy (non-hydrogen) atoms. The lowest BCUT2D eigenvalue weighted by Crippen LogP contribution is -2.09. The van der Waals surface area contributed by atoms with Crippen LogP contribution >= 0.6 is 15.9 Å². The number of rotatable bonds is 7. The van der Waals surface area contributed by atoms with E-state index in [-0.39, 0.29) is 0 Å². The van der Waals surface area contributed by atoms with Crippen LogP contribution in [0, 0.1) is 11.4 Å². The third-order valence-electron chi connectivity index (χ3n) is 4.10. The average Bonchev–Trinajstić information content (AvgIpc) is 3.43. The summed E-state index contributed by atoms with van der Waals surface area (Å²) in [5.41, 5.74) is 9.08. The van der Waals surface area contributed by atoms with Crippen molar-refractivity contribution in [3.05, 3.63) is 46.2 Å². The molecule has 0 atom stereocenters. The van der Waals surface area contributed by atoms with E-state index in [1.165, 1.54) is 25.1 Å². The molecule has 0 unspecified atom stereocenters. The Morgan fingerprint density at radius 2 is 1.88 bits per heavy atom. The molecule has 0 aliphatic heterocycles. The molecule has 1 fully saturated rings. The maximum Gasteiger partial charge on any atom is 0.433 e. The lowest BCUT2D eigenvalue weighted by molar-refractivity contribution is -0.141. The number of hydrogen-bond donors (Lipinski definition) is 3. The standard InChI is InChI=1S/C17H17BrF3N5/c18-15-12(4-5-13(16(15)26-22)24-7-10-1-2-10)23-8-11-3-6-14(25-9-11)17(19,20)21/h3-6,9-10,22-24H,1-2,7-8H2. The number of benzene rings is 1. The zero-order valence-corrected chi connectivity index (χ0v) is 15.3. The van der Waals surface area contributed by atoms with Crippen molar-refractivity contribution in [1.82, 2.24) is 4.98 Å². The fraction of sp³-hybridized carbons (Fsp3) is 0.353. The summed E-state index contributed by atoms with van der Waals surface area (Å²) in [7, 11) is 0. The van der Waals surface area contributed by atoms with E-state index in [9.17, 15) is 13.2 Å². The molecule has 138 valence electrons. The molecule has 2 aromatic rings. The number of pyridine rings is 1. The minimum absolute atomic E-state index is 0.302. The van der Waals surface area contributed by atoms with Crippen molar-refractivity contribution in [1.29, 1.82) is 5.53 Å². The largest absolute Gasteiger partial charge is 0.433 e. The fourth-order valence-corrected chi connectivity index (χ4v) is 3.00. The van der Waals surface area contributed by atoms with Gasteiger partial charge in [0, 0.05) is 19.3 Å². The van der Waals surface area contributed by atoms with Crippen molar-refractivity contribution in [2.45, 2.75) is 25.6 Å². The van der Waals surface area contributed by atoms with Crippen molar-refractivity contribution in [2.75, 3.05) is 17.2 Å². The summed E-state index contributed by atoms with van der Waals surface area (Å²) in [6, 6.07) is 6.03. The summed E-state index contributed by atoms with van der Waals surface area (Å²) < 4.78 is 38.3. The van der Waals surface area contributed by atoms with Crippen LogP contribution in [-0.4, -0.2) is 11.5 Å². The Morgan fingerprint density at radius 3 is 2.46 bits per heavy atom. The number of alkyl halides is 3. The van der Waals surface area contributed by atoms with Gasteiger partial charge in [-0.1, -0.05) is 6.07 Å². The summed E-state index contributed by atoms with van der Waals surface area (Å²) >= 11 is 3.45. The van der Waals surface area contributed by atoms with E-state index >= 15 is 0 Å². The zero-order chi connectivity index (χ0) is 18.7. The Balaban J connectivity index is 1.68. The third kappa shape index (κ3) is 4.51. The highest BCUT2D eigenvalue weighted by atomic mass is 79.9. The molecule has 1 aliphatic rings. The van der Waals surface area contributed by atoms with E-state index in [1.807, 2.05) is 12.1 Å². The lowest BCUT2D eigenvalue weighted by atomic mass is 10.2. The highest BCUT2D eigenvalue weighted by Gasteiger charge is 2.32. The summed E-state index contributed by atoms with van der Waals surface area (Å²) in [5, 5.41) is 10.0. The van der Waals surface area contributed by atoms with Crippen LogP contribution in [0.15, 0.2) is 40.0 Å². The van der Waals surface area contributed by atoms with Crippen molar-refractivity contribution in [3.63, 3.8) is 0 Å². The number of hydrogen-bond acceptors (Lipinski definition) is 5. The molecule has 3 rings (SSSR count). The highest BCUT2D eigenvalue weighted by Crippen LogP contribution is 2.40. The molecular weight excluding hydrogens is 411 g/mol. The van der Waals surface area contributed by atoms with Gasteiger partial charge in [-0.2, -0.15) is 18.3 Å². The number of halogens is 4. The van der Waals surface area contributed by atoms with Gasteiger partial charge >= 0.3 is 6.18 Å². The van der Waals surface area contributed by atoms with Crippen molar-refractivity contribution >= 4 is 33.0 Å². The molecule has 0 spiro atoms. The molecule has 1 aromatic heterocycles.